The van der Waals surface area contributed by atoms with Gasteiger partial charge >= 0.3 is 173 Å². The maximum atomic E-state index is 13.0. The average molecular weight is 440 g/mol. The van der Waals surface area contributed by atoms with Gasteiger partial charge in [-0.05, 0) is 0 Å². The van der Waals surface area contributed by atoms with Crippen LogP contribution in [0.4, 0.5) is 0 Å². The van der Waals surface area contributed by atoms with E-state index in [4.69, 9.17) is 0 Å². The number of aryl methyl sites for hydroxylation is 1. The van der Waals surface area contributed by atoms with Crippen molar-refractivity contribution in [3.63, 3.8) is 0 Å². The number of ketones is 2. The minimum absolute atomic E-state index is 0.0656. The van der Waals surface area contributed by atoms with Gasteiger partial charge in [-0.15, -0.1) is 0 Å². The van der Waals surface area contributed by atoms with E-state index < -0.39 is 0 Å². The molecule has 0 bridgehead atoms. The van der Waals surface area contributed by atoms with Crippen molar-refractivity contribution in [1.29, 1.82) is 0 Å². The predicted molar refractivity (Wildman–Crippen MR) is 118 cm³/mol. The van der Waals surface area contributed by atoms with Crippen molar-refractivity contribution < 1.29 is 9.59 Å². The Hall–Kier alpha value is -3.20. The third-order valence-electron chi connectivity index (χ3n) is 5.74. The molecule has 0 amide bonds. The number of benzene rings is 3. The molecule has 0 unspecified atom stereocenters. The van der Waals surface area contributed by atoms with E-state index in [-0.39, 0.29) is 26.1 Å². The number of carbonyl (C=O) groups is 2. The summed E-state index contributed by atoms with van der Waals surface area (Å²) in [5, 5.41) is 4.41. The van der Waals surface area contributed by atoms with Crippen molar-refractivity contribution in [3.8, 4) is 0 Å². The van der Waals surface area contributed by atoms with Gasteiger partial charge in [0.25, 0.3) is 0 Å². The summed E-state index contributed by atoms with van der Waals surface area (Å²) in [6.07, 6.45) is 1.82. The monoisotopic (exact) mass is 441 g/mol. The van der Waals surface area contributed by atoms with E-state index >= 15 is 0 Å². The first-order valence-electron chi connectivity index (χ1n) is 9.43. The molecular weight excluding hydrogens is 425 g/mol. The van der Waals surface area contributed by atoms with Gasteiger partial charge in [-0.1, -0.05) is 0 Å². The van der Waals surface area contributed by atoms with Crippen molar-refractivity contribution in [2.75, 3.05) is 0 Å². The van der Waals surface area contributed by atoms with Gasteiger partial charge in [0.1, 0.15) is 0 Å². The van der Waals surface area contributed by atoms with E-state index in [2.05, 4.69) is 29.8 Å². The molecule has 0 atom stereocenters. The number of para-hydroxylation sites is 1. The second kappa shape index (κ2) is 5.90. The van der Waals surface area contributed by atoms with Crippen LogP contribution in [0, 0.1) is 0 Å². The van der Waals surface area contributed by atoms with Crippen LogP contribution < -0.4 is 0 Å². The van der Waals surface area contributed by atoms with Gasteiger partial charge in [-0.25, -0.2) is 0 Å². The first-order chi connectivity index (χ1) is 14.1. The van der Waals surface area contributed by atoms with E-state index in [9.17, 15) is 9.59 Å². The zero-order chi connectivity index (χ0) is 19.7. The Labute approximate surface area is 172 Å². The average Bonchev–Trinajstić information content (AvgIpc) is 3.35. The number of carbonyl (C=O) groups excluding carboxylic acids is 2. The summed E-state index contributed by atoms with van der Waals surface area (Å²) in [5.41, 5.74) is 2.55. The first kappa shape index (κ1) is 16.7. The van der Waals surface area contributed by atoms with Gasteiger partial charge < -0.3 is 0 Å². The van der Waals surface area contributed by atoms with Crippen LogP contribution in [0.3, 0.4) is 0 Å². The van der Waals surface area contributed by atoms with Crippen LogP contribution in [0.15, 0.2) is 72.3 Å². The van der Waals surface area contributed by atoms with Crippen molar-refractivity contribution in [2.45, 2.75) is 0 Å². The molecule has 0 fully saturated rings. The SMILES string of the molecule is Cn1c2ccccc2c2cc(C=C3C(=O)c4cc5ccccc5cc4C3=O)[se]c21. The Morgan fingerprint density at radius 1 is 0.793 bits per heavy atom. The van der Waals surface area contributed by atoms with E-state index in [0.29, 0.717) is 16.7 Å². The summed E-state index contributed by atoms with van der Waals surface area (Å²) in [6, 6.07) is 22.0. The van der Waals surface area contributed by atoms with Crippen LogP contribution in [0.25, 0.3) is 37.5 Å². The van der Waals surface area contributed by atoms with Gasteiger partial charge in [-0.2, -0.15) is 0 Å². The van der Waals surface area contributed by atoms with E-state index in [1.165, 1.54) is 20.7 Å². The second-order valence-electron chi connectivity index (χ2n) is 7.40. The van der Waals surface area contributed by atoms with Crippen molar-refractivity contribution in [2.24, 2.45) is 7.05 Å². The van der Waals surface area contributed by atoms with Crippen LogP contribution in [0.5, 0.6) is 0 Å². The molecular formula is C25H15NO2Se. The number of nitrogens with zero attached hydrogens (tertiary/aromatic N) is 1. The third-order valence-corrected chi connectivity index (χ3v) is 8.17. The number of allylic oxidation sites excluding steroid dienone is 1. The molecule has 2 aromatic heterocycles. The van der Waals surface area contributed by atoms with Crippen molar-refractivity contribution in [1.82, 2.24) is 4.57 Å². The Morgan fingerprint density at radius 3 is 2.10 bits per heavy atom. The van der Waals surface area contributed by atoms with Crippen LogP contribution in [0.1, 0.15) is 25.2 Å². The predicted octanol–water partition coefficient (Wildman–Crippen LogP) is 5.00. The number of aromatic nitrogens is 1. The molecule has 0 aliphatic heterocycles. The number of hydrogen-bond donors (Lipinski definition) is 0. The molecule has 29 heavy (non-hydrogen) atoms. The van der Waals surface area contributed by atoms with Crippen LogP contribution in [0.2, 0.25) is 0 Å². The molecule has 0 saturated carbocycles. The third kappa shape index (κ3) is 2.30. The molecule has 6 rings (SSSR count). The summed E-state index contributed by atoms with van der Waals surface area (Å²) in [6.45, 7) is 0. The molecule has 1 aliphatic rings. The van der Waals surface area contributed by atoms with E-state index in [1.54, 1.807) is 0 Å². The van der Waals surface area contributed by atoms with Crippen LogP contribution in [-0.2, 0) is 7.05 Å². The molecule has 0 spiro atoms. The van der Waals surface area contributed by atoms with Crippen molar-refractivity contribution >= 4 is 63.6 Å². The summed E-state index contributed by atoms with van der Waals surface area (Å²) >= 11 is 0.0656. The molecule has 138 valence electrons. The van der Waals surface area contributed by atoms with Crippen molar-refractivity contribution in [3.05, 3.63) is 87.9 Å². The van der Waals surface area contributed by atoms with E-state index in [0.717, 1.165) is 15.2 Å². The van der Waals surface area contributed by atoms with Gasteiger partial charge in [0.2, 0.25) is 0 Å². The van der Waals surface area contributed by atoms with Crippen LogP contribution in [-0.4, -0.2) is 30.6 Å². The molecule has 0 saturated heterocycles. The second-order valence-corrected chi connectivity index (χ2v) is 9.63. The zero-order valence-electron chi connectivity index (χ0n) is 15.6. The Balaban J connectivity index is 1.51. The summed E-state index contributed by atoms with van der Waals surface area (Å²) in [5.74, 6) is -0.318. The van der Waals surface area contributed by atoms with Gasteiger partial charge in [-0.3, -0.25) is 0 Å². The number of Topliss-reactive ketones (excluding diaryl/α,β-unsaturated/α-hetero) is 2. The molecule has 1 aliphatic carbocycles. The molecule has 0 radical (unpaired) electrons. The summed E-state index contributed by atoms with van der Waals surface area (Å²) < 4.78 is 4.58. The standard InChI is InChI=1S/C25H15NO2Se/c1-26-22-9-5-4-8-17(22)20-12-16(29-25(20)26)13-21-23(27)18-10-14-6-2-3-7-15(14)11-19(18)24(21)28/h2-13H,1H3. The zero-order valence-corrected chi connectivity index (χ0v) is 17.3. The Bertz CT molecular complexity index is 1490. The quantitative estimate of drug-likeness (QED) is 0.209. The first-order valence-corrected chi connectivity index (χ1v) is 11.1. The van der Waals surface area contributed by atoms with E-state index in [1.807, 2.05) is 54.6 Å². The molecule has 4 heteroatoms. The summed E-state index contributed by atoms with van der Waals surface area (Å²) in [7, 11) is 2.08. The van der Waals surface area contributed by atoms with Crippen LogP contribution >= 0.6 is 0 Å². The summed E-state index contributed by atoms with van der Waals surface area (Å²) in [4.78, 5) is 26.0. The topological polar surface area (TPSA) is 39.1 Å². The normalized spacial score (nSPS) is 13.8. The fraction of sp³-hybridized carbons (Fsp3) is 0.0400. The molecule has 3 aromatic carbocycles. The van der Waals surface area contributed by atoms with Gasteiger partial charge in [0, 0.05) is 0 Å². The minimum atomic E-state index is -0.159. The fourth-order valence-corrected chi connectivity index (χ4v) is 6.59. The maximum absolute atomic E-state index is 13.0. The fourth-order valence-electron chi connectivity index (χ4n) is 4.30. The van der Waals surface area contributed by atoms with Gasteiger partial charge in [0.05, 0.1) is 0 Å². The number of hydrogen-bond acceptors (Lipinski definition) is 2. The molecule has 3 nitrogen and oxygen atoms in total. The Kier molecular flexibility index (Phi) is 3.40. The number of fused-ring (bicyclic) bond motifs is 5. The molecule has 0 N–H and O–H groups in total. The Morgan fingerprint density at radius 2 is 1.41 bits per heavy atom. The van der Waals surface area contributed by atoms with Gasteiger partial charge in [0.15, 0.2) is 0 Å². The molecule has 2 heterocycles. The number of rotatable bonds is 1. The molecule has 5 aromatic rings.